The molecule has 0 unspecified atom stereocenters. The minimum atomic E-state index is -0.285. The summed E-state index contributed by atoms with van der Waals surface area (Å²) in [7, 11) is 0. The monoisotopic (exact) mass is 323 g/mol. The number of nitrogens with zero attached hydrogens (tertiary/aromatic N) is 3. The van der Waals surface area contributed by atoms with E-state index in [1.807, 2.05) is 0 Å². The third-order valence-electron chi connectivity index (χ3n) is 3.65. The zero-order valence-electron chi connectivity index (χ0n) is 11.7. The number of rotatable bonds is 4. The van der Waals surface area contributed by atoms with Crippen molar-refractivity contribution in [1.82, 2.24) is 14.8 Å². The molecular formula is C14H14ClN3O4. The topological polar surface area (TPSA) is 79.8 Å². The maximum Gasteiger partial charge on any atom is 0.243 e. The first kappa shape index (κ1) is 14.8. The van der Waals surface area contributed by atoms with Gasteiger partial charge in [0.05, 0.1) is 13.1 Å². The fourth-order valence-corrected chi connectivity index (χ4v) is 2.53. The highest BCUT2D eigenvalue weighted by atomic mass is 35.5. The van der Waals surface area contributed by atoms with Gasteiger partial charge in [0.25, 0.3) is 0 Å². The van der Waals surface area contributed by atoms with E-state index in [-0.39, 0.29) is 43.2 Å². The summed E-state index contributed by atoms with van der Waals surface area (Å²) in [5, 5.41) is 0.417. The summed E-state index contributed by atoms with van der Waals surface area (Å²) in [6.45, 7) is 0.596. The Morgan fingerprint density at radius 2 is 2.00 bits per heavy atom. The Kier molecular flexibility index (Phi) is 3.98. The molecular weight excluding hydrogens is 310 g/mol. The number of amides is 3. The molecule has 0 N–H and O–H groups in total. The second-order valence-electron chi connectivity index (χ2n) is 5.20. The van der Waals surface area contributed by atoms with Gasteiger partial charge in [-0.1, -0.05) is 11.6 Å². The largest absolute Gasteiger partial charge is 0.470 e. The first-order valence-corrected chi connectivity index (χ1v) is 7.30. The molecule has 2 fully saturated rings. The van der Waals surface area contributed by atoms with Gasteiger partial charge in [0.15, 0.2) is 0 Å². The van der Waals surface area contributed by atoms with Crippen LogP contribution in [-0.2, 0) is 14.4 Å². The van der Waals surface area contributed by atoms with Crippen LogP contribution in [0.2, 0.25) is 5.02 Å². The highest BCUT2D eigenvalue weighted by Crippen LogP contribution is 2.24. The van der Waals surface area contributed by atoms with Crippen molar-refractivity contribution in [3.05, 3.63) is 23.4 Å². The van der Waals surface area contributed by atoms with E-state index in [4.69, 9.17) is 16.3 Å². The van der Waals surface area contributed by atoms with Crippen molar-refractivity contribution in [1.29, 1.82) is 0 Å². The number of aromatic nitrogens is 1. The first-order valence-electron chi connectivity index (χ1n) is 6.92. The molecule has 116 valence electrons. The smallest absolute Gasteiger partial charge is 0.243 e. The second-order valence-corrected chi connectivity index (χ2v) is 5.61. The molecule has 1 aromatic heterocycles. The number of hydrogen-bond acceptors (Lipinski definition) is 5. The number of hydrogen-bond donors (Lipinski definition) is 0. The van der Waals surface area contributed by atoms with Gasteiger partial charge < -0.3 is 9.64 Å². The van der Waals surface area contributed by atoms with Crippen molar-refractivity contribution in [2.24, 2.45) is 0 Å². The molecule has 0 bridgehead atoms. The standard InChI is InChI=1S/C14H14ClN3O4/c15-10-2-1-5-16-14(10)22-9-6-17(7-9)13(21)8-18-11(19)3-4-12(18)20/h1-2,5,9H,3-4,6-8H2. The van der Waals surface area contributed by atoms with Gasteiger partial charge in [-0.05, 0) is 12.1 Å². The van der Waals surface area contributed by atoms with Crippen molar-refractivity contribution in [2.45, 2.75) is 18.9 Å². The average molecular weight is 324 g/mol. The number of likely N-dealkylation sites (tertiary alicyclic amines) is 2. The molecule has 0 radical (unpaired) electrons. The highest BCUT2D eigenvalue weighted by molar-refractivity contribution is 6.31. The van der Waals surface area contributed by atoms with Gasteiger partial charge in [0.2, 0.25) is 23.6 Å². The van der Waals surface area contributed by atoms with Gasteiger partial charge in [-0.2, -0.15) is 0 Å². The number of ether oxygens (including phenoxy) is 1. The Morgan fingerprint density at radius 3 is 2.64 bits per heavy atom. The molecule has 0 spiro atoms. The predicted molar refractivity (Wildman–Crippen MR) is 76.2 cm³/mol. The third-order valence-corrected chi connectivity index (χ3v) is 3.94. The van der Waals surface area contributed by atoms with E-state index in [1.165, 1.54) is 0 Å². The zero-order chi connectivity index (χ0) is 15.7. The van der Waals surface area contributed by atoms with Crippen LogP contribution >= 0.6 is 11.6 Å². The number of carbonyl (C=O) groups is 3. The summed E-state index contributed by atoms with van der Waals surface area (Å²) in [5.41, 5.74) is 0. The van der Waals surface area contributed by atoms with Gasteiger partial charge in [-0.25, -0.2) is 4.98 Å². The fraction of sp³-hybridized carbons (Fsp3) is 0.429. The SMILES string of the molecule is O=C(CN1C(=O)CCC1=O)N1CC(Oc2ncccc2Cl)C1. The van der Waals surface area contributed by atoms with Crippen LogP contribution in [-0.4, -0.2) is 58.2 Å². The molecule has 3 amide bonds. The molecule has 0 saturated carbocycles. The van der Waals surface area contributed by atoms with Gasteiger partial charge in [0.1, 0.15) is 17.7 Å². The molecule has 0 atom stereocenters. The van der Waals surface area contributed by atoms with E-state index in [9.17, 15) is 14.4 Å². The normalized spacial score (nSPS) is 18.6. The first-order chi connectivity index (χ1) is 10.5. The van der Waals surface area contributed by atoms with E-state index >= 15 is 0 Å². The van der Waals surface area contributed by atoms with Crippen molar-refractivity contribution in [2.75, 3.05) is 19.6 Å². The number of pyridine rings is 1. The van der Waals surface area contributed by atoms with Crippen molar-refractivity contribution >= 4 is 29.3 Å². The van der Waals surface area contributed by atoms with Crippen molar-refractivity contribution in [3.63, 3.8) is 0 Å². The molecule has 2 aliphatic rings. The molecule has 0 aromatic carbocycles. The van der Waals surface area contributed by atoms with E-state index in [1.54, 1.807) is 23.2 Å². The predicted octanol–water partition coefficient (Wildman–Crippen LogP) is 0.474. The molecule has 2 saturated heterocycles. The van der Waals surface area contributed by atoms with Crippen LogP contribution in [0.15, 0.2) is 18.3 Å². The van der Waals surface area contributed by atoms with Crippen molar-refractivity contribution in [3.8, 4) is 5.88 Å². The molecule has 2 aliphatic heterocycles. The summed E-state index contributed by atoms with van der Waals surface area (Å²) >= 11 is 5.94. The van der Waals surface area contributed by atoms with E-state index < -0.39 is 0 Å². The molecule has 22 heavy (non-hydrogen) atoms. The molecule has 7 nitrogen and oxygen atoms in total. The Hall–Kier alpha value is -2.15. The highest BCUT2D eigenvalue weighted by Gasteiger charge is 2.37. The van der Waals surface area contributed by atoms with Gasteiger partial charge in [-0.15, -0.1) is 0 Å². The van der Waals surface area contributed by atoms with Crippen molar-refractivity contribution < 1.29 is 19.1 Å². The lowest BCUT2D eigenvalue weighted by Crippen LogP contribution is -2.58. The van der Waals surface area contributed by atoms with Crippen LogP contribution in [0, 0.1) is 0 Å². The Labute approximate surface area is 131 Å². The summed E-state index contributed by atoms with van der Waals surface area (Å²) in [5.74, 6) is -0.486. The maximum atomic E-state index is 12.0. The third kappa shape index (κ3) is 2.89. The lowest BCUT2D eigenvalue weighted by atomic mass is 10.1. The molecule has 3 heterocycles. The molecule has 3 rings (SSSR count). The number of carbonyl (C=O) groups excluding carboxylic acids is 3. The maximum absolute atomic E-state index is 12.0. The minimum absolute atomic E-state index is 0.179. The second kappa shape index (κ2) is 5.92. The molecule has 8 heteroatoms. The Morgan fingerprint density at radius 1 is 1.32 bits per heavy atom. The van der Waals surface area contributed by atoms with Crippen LogP contribution in [0.25, 0.3) is 0 Å². The summed E-state index contributed by atoms with van der Waals surface area (Å²) in [6, 6.07) is 3.38. The lowest BCUT2D eigenvalue weighted by Gasteiger charge is -2.39. The van der Waals surface area contributed by atoms with Crippen LogP contribution in [0.4, 0.5) is 0 Å². The molecule has 1 aromatic rings. The van der Waals surface area contributed by atoms with Crippen LogP contribution in [0.3, 0.4) is 0 Å². The minimum Gasteiger partial charge on any atom is -0.470 e. The van der Waals surface area contributed by atoms with Gasteiger partial charge >= 0.3 is 0 Å². The van der Waals surface area contributed by atoms with E-state index in [0.717, 1.165) is 4.90 Å². The summed E-state index contributed by atoms with van der Waals surface area (Å²) < 4.78 is 5.59. The van der Waals surface area contributed by atoms with Gasteiger partial charge in [0, 0.05) is 19.0 Å². The van der Waals surface area contributed by atoms with Crippen LogP contribution < -0.4 is 4.74 Å². The average Bonchev–Trinajstić information content (AvgIpc) is 2.76. The Balaban J connectivity index is 1.49. The lowest BCUT2D eigenvalue weighted by molar-refractivity contribution is -0.149. The van der Waals surface area contributed by atoms with Crippen LogP contribution in [0.5, 0.6) is 5.88 Å². The van der Waals surface area contributed by atoms with Crippen LogP contribution in [0.1, 0.15) is 12.8 Å². The Bertz CT molecular complexity index is 614. The fourth-order valence-electron chi connectivity index (χ4n) is 2.37. The van der Waals surface area contributed by atoms with E-state index in [0.29, 0.717) is 24.0 Å². The summed E-state index contributed by atoms with van der Waals surface area (Å²) in [6.07, 6.45) is 1.78. The molecule has 0 aliphatic carbocycles. The zero-order valence-corrected chi connectivity index (χ0v) is 12.5. The number of halogens is 1. The summed E-state index contributed by atoms with van der Waals surface area (Å²) in [4.78, 5) is 41.6. The number of imide groups is 1. The van der Waals surface area contributed by atoms with E-state index in [2.05, 4.69) is 4.98 Å². The quantitative estimate of drug-likeness (QED) is 0.753. The van der Waals surface area contributed by atoms with Gasteiger partial charge in [-0.3, -0.25) is 19.3 Å².